The minimum Gasteiger partial charge on any atom is -0.324 e. The van der Waals surface area contributed by atoms with Crippen LogP contribution in [0.25, 0.3) is 0 Å². The molecule has 0 aromatic heterocycles. The standard InChI is InChI=1S/C31H39F2N5O/c1-20-9-21(12-36-18-28(2,3)4)10-24-25(20)13-38(26(24)39)23-8-6-7-22(11-23)30(27(35)37(5)19-34)14-29(15-30)16-31(32,33)17-29/h6-11,19,34-36H,12-18H2,1-5H3. The molecule has 1 amide bonds. The summed E-state index contributed by atoms with van der Waals surface area (Å²) in [4.78, 5) is 16.9. The molecule has 0 radical (unpaired) electrons. The van der Waals surface area contributed by atoms with Crippen LogP contribution in [0.2, 0.25) is 0 Å². The number of hydrogen-bond donors (Lipinski definition) is 3. The van der Waals surface area contributed by atoms with Crippen LogP contribution >= 0.6 is 0 Å². The Morgan fingerprint density at radius 1 is 1.15 bits per heavy atom. The molecule has 0 unspecified atom stereocenters. The molecule has 3 N–H and O–H groups in total. The number of carbonyl (C=O) groups excluding carboxylic acids is 1. The Morgan fingerprint density at radius 3 is 2.46 bits per heavy atom. The molecule has 39 heavy (non-hydrogen) atoms. The predicted molar refractivity (Wildman–Crippen MR) is 151 cm³/mol. The summed E-state index contributed by atoms with van der Waals surface area (Å²) in [6.45, 7) is 10.6. The maximum atomic E-state index is 13.8. The molecule has 1 aliphatic heterocycles. The number of amidine groups is 1. The monoisotopic (exact) mass is 535 g/mol. The Bertz CT molecular complexity index is 1330. The fraction of sp³-hybridized carbons (Fsp3) is 0.516. The topological polar surface area (TPSA) is 83.3 Å². The number of likely N-dealkylation sites (N-methyl/N-ethyl adjacent to an activating group) is 1. The minimum absolute atomic E-state index is 0.0487. The van der Waals surface area contributed by atoms with Crippen molar-refractivity contribution in [1.82, 2.24) is 10.2 Å². The molecule has 0 atom stereocenters. The first-order valence-corrected chi connectivity index (χ1v) is 13.6. The van der Waals surface area contributed by atoms with E-state index in [1.54, 1.807) is 11.9 Å². The smallest absolute Gasteiger partial charge is 0.258 e. The molecule has 2 saturated carbocycles. The van der Waals surface area contributed by atoms with E-state index in [9.17, 15) is 13.6 Å². The number of hydrogen-bond acceptors (Lipinski definition) is 4. The Kier molecular flexibility index (Phi) is 6.49. The summed E-state index contributed by atoms with van der Waals surface area (Å²) in [5.41, 5.74) is 4.46. The second-order valence-corrected chi connectivity index (χ2v) is 13.3. The third-order valence-corrected chi connectivity index (χ3v) is 8.64. The number of anilines is 1. The van der Waals surface area contributed by atoms with Crippen molar-refractivity contribution in [1.29, 1.82) is 10.8 Å². The van der Waals surface area contributed by atoms with Crippen molar-refractivity contribution in [3.05, 3.63) is 64.2 Å². The van der Waals surface area contributed by atoms with Gasteiger partial charge in [-0.1, -0.05) is 39.0 Å². The third-order valence-electron chi connectivity index (χ3n) is 8.64. The summed E-state index contributed by atoms with van der Waals surface area (Å²) in [5, 5.41) is 20.0. The van der Waals surface area contributed by atoms with Gasteiger partial charge in [0.15, 0.2) is 0 Å². The van der Waals surface area contributed by atoms with E-state index in [1.807, 2.05) is 37.3 Å². The van der Waals surface area contributed by atoms with Gasteiger partial charge in [-0.3, -0.25) is 15.6 Å². The van der Waals surface area contributed by atoms with Gasteiger partial charge in [0.1, 0.15) is 5.84 Å². The van der Waals surface area contributed by atoms with Crippen LogP contribution in [-0.4, -0.2) is 42.5 Å². The van der Waals surface area contributed by atoms with E-state index < -0.39 is 16.8 Å². The molecular formula is C31H39F2N5O. The lowest BCUT2D eigenvalue weighted by atomic mass is 9.42. The molecule has 0 bridgehead atoms. The van der Waals surface area contributed by atoms with Crippen molar-refractivity contribution in [3.8, 4) is 0 Å². The molecule has 0 saturated heterocycles. The highest BCUT2D eigenvalue weighted by atomic mass is 19.3. The summed E-state index contributed by atoms with van der Waals surface area (Å²) in [5.74, 6) is -2.45. The van der Waals surface area contributed by atoms with Gasteiger partial charge >= 0.3 is 0 Å². The SMILES string of the molecule is Cc1cc(CNCC(C)(C)C)cc2c1CN(c1cccc(C3(C(=N)N(C)C=N)CC4(CC(F)(F)C4)C3)c1)C2=O. The molecule has 1 spiro atoms. The number of carbonyl (C=O) groups is 1. The number of nitrogens with zero attached hydrogens (tertiary/aromatic N) is 2. The third kappa shape index (κ3) is 4.88. The molecule has 3 aliphatic rings. The van der Waals surface area contributed by atoms with Crippen LogP contribution in [0.15, 0.2) is 36.4 Å². The average Bonchev–Trinajstić information content (AvgIpc) is 3.16. The lowest BCUT2D eigenvalue weighted by Gasteiger charge is -2.63. The second-order valence-electron chi connectivity index (χ2n) is 13.3. The maximum absolute atomic E-state index is 13.8. The van der Waals surface area contributed by atoms with Crippen LogP contribution in [0.5, 0.6) is 0 Å². The van der Waals surface area contributed by atoms with E-state index in [-0.39, 0.29) is 30.0 Å². The number of fused-ring (bicyclic) bond motifs is 1. The van der Waals surface area contributed by atoms with Crippen LogP contribution in [0.3, 0.4) is 0 Å². The van der Waals surface area contributed by atoms with Gasteiger partial charge in [0.25, 0.3) is 5.91 Å². The Balaban J connectivity index is 1.41. The molecule has 2 aromatic carbocycles. The molecule has 6 nitrogen and oxygen atoms in total. The molecule has 2 fully saturated rings. The Hall–Kier alpha value is -3.13. The van der Waals surface area contributed by atoms with Crippen molar-refractivity contribution in [2.45, 2.75) is 77.8 Å². The summed E-state index contributed by atoms with van der Waals surface area (Å²) < 4.78 is 27.6. The van der Waals surface area contributed by atoms with Crippen molar-refractivity contribution in [3.63, 3.8) is 0 Å². The van der Waals surface area contributed by atoms with Crippen LogP contribution < -0.4 is 10.2 Å². The average molecular weight is 536 g/mol. The van der Waals surface area contributed by atoms with E-state index in [0.717, 1.165) is 46.4 Å². The highest BCUT2D eigenvalue weighted by molar-refractivity contribution is 6.10. The molecular weight excluding hydrogens is 496 g/mol. The summed E-state index contributed by atoms with van der Waals surface area (Å²) >= 11 is 0. The number of alkyl halides is 2. The molecule has 8 heteroatoms. The Labute approximate surface area is 229 Å². The van der Waals surface area contributed by atoms with E-state index in [2.05, 4.69) is 32.2 Å². The molecule has 2 aromatic rings. The molecule has 1 heterocycles. The summed E-state index contributed by atoms with van der Waals surface area (Å²) in [7, 11) is 1.65. The van der Waals surface area contributed by atoms with Gasteiger partial charge in [0.05, 0.1) is 18.3 Å². The summed E-state index contributed by atoms with van der Waals surface area (Å²) in [6.07, 6.45) is 1.71. The van der Waals surface area contributed by atoms with Gasteiger partial charge in [-0.05, 0) is 71.0 Å². The van der Waals surface area contributed by atoms with Gasteiger partial charge in [-0.15, -0.1) is 0 Å². The normalized spacial score (nSPS) is 20.3. The number of benzene rings is 2. The van der Waals surface area contributed by atoms with E-state index in [0.29, 0.717) is 25.9 Å². The summed E-state index contributed by atoms with van der Waals surface area (Å²) in [6, 6.07) is 11.8. The number of rotatable bonds is 7. The first-order valence-electron chi connectivity index (χ1n) is 13.6. The predicted octanol–water partition coefficient (Wildman–Crippen LogP) is 6.25. The fourth-order valence-corrected chi connectivity index (χ4v) is 6.97. The molecule has 2 aliphatic carbocycles. The fourth-order valence-electron chi connectivity index (χ4n) is 6.97. The lowest BCUT2D eigenvalue weighted by molar-refractivity contribution is -0.205. The number of halogens is 2. The van der Waals surface area contributed by atoms with Crippen molar-refractivity contribution < 1.29 is 13.6 Å². The van der Waals surface area contributed by atoms with Crippen LogP contribution in [0.4, 0.5) is 14.5 Å². The lowest BCUT2D eigenvalue weighted by Crippen LogP contribution is -2.64. The maximum Gasteiger partial charge on any atom is 0.258 e. The number of nitrogens with one attached hydrogen (secondary N) is 3. The van der Waals surface area contributed by atoms with Crippen LogP contribution in [0.1, 0.15) is 79.1 Å². The van der Waals surface area contributed by atoms with Gasteiger partial charge in [0.2, 0.25) is 5.92 Å². The van der Waals surface area contributed by atoms with E-state index in [1.165, 1.54) is 4.90 Å². The van der Waals surface area contributed by atoms with Crippen LogP contribution in [-0.2, 0) is 18.5 Å². The highest BCUT2D eigenvalue weighted by Crippen LogP contribution is 2.69. The van der Waals surface area contributed by atoms with Gasteiger partial charge < -0.3 is 15.1 Å². The van der Waals surface area contributed by atoms with Crippen LogP contribution in [0, 0.1) is 28.6 Å². The minimum atomic E-state index is -2.63. The number of amides is 1. The van der Waals surface area contributed by atoms with E-state index >= 15 is 0 Å². The molecule has 5 rings (SSSR count). The number of aryl methyl sites for hydroxylation is 1. The van der Waals surface area contributed by atoms with Gasteiger partial charge in [0, 0.05) is 44.2 Å². The van der Waals surface area contributed by atoms with Crippen molar-refractivity contribution in [2.24, 2.45) is 10.8 Å². The first kappa shape index (κ1) is 27.4. The zero-order valence-electron chi connectivity index (χ0n) is 23.5. The largest absolute Gasteiger partial charge is 0.324 e. The zero-order valence-corrected chi connectivity index (χ0v) is 23.5. The first-order chi connectivity index (χ1) is 18.2. The highest BCUT2D eigenvalue weighted by Gasteiger charge is 2.68. The van der Waals surface area contributed by atoms with Crippen molar-refractivity contribution >= 4 is 23.8 Å². The van der Waals surface area contributed by atoms with E-state index in [4.69, 9.17) is 10.8 Å². The van der Waals surface area contributed by atoms with Gasteiger partial charge in [-0.2, -0.15) is 0 Å². The quantitative estimate of drug-likeness (QED) is 0.289. The van der Waals surface area contributed by atoms with Crippen molar-refractivity contribution in [2.75, 3.05) is 18.5 Å². The van der Waals surface area contributed by atoms with Gasteiger partial charge in [-0.25, -0.2) is 8.78 Å². The zero-order chi connectivity index (χ0) is 28.4. The molecule has 208 valence electrons. The Morgan fingerprint density at radius 2 is 1.85 bits per heavy atom. The second kappa shape index (κ2) is 9.22.